The Hall–Kier alpha value is -1.07. The predicted octanol–water partition coefficient (Wildman–Crippen LogP) is 2.26. The van der Waals surface area contributed by atoms with E-state index in [0.717, 1.165) is 28.6 Å². The van der Waals surface area contributed by atoms with Crippen molar-refractivity contribution >= 4 is 27.5 Å². The fraction of sp³-hybridized carbons (Fsp3) is 0.500. The lowest BCUT2D eigenvalue weighted by atomic mass is 10.1. The second-order valence-corrected chi connectivity index (χ2v) is 5.97. The number of primary amides is 1. The Morgan fingerprint density at radius 3 is 2.63 bits per heavy atom. The molecule has 104 valence electrons. The first-order valence-corrected chi connectivity index (χ1v) is 7.42. The summed E-state index contributed by atoms with van der Waals surface area (Å²) in [6.07, 6.45) is 4.73. The summed E-state index contributed by atoms with van der Waals surface area (Å²) in [5, 5.41) is 0. The van der Waals surface area contributed by atoms with Gasteiger partial charge in [0.25, 0.3) is 0 Å². The highest BCUT2D eigenvalue weighted by molar-refractivity contribution is 9.10. The highest BCUT2D eigenvalue weighted by Crippen LogP contribution is 2.29. The van der Waals surface area contributed by atoms with Gasteiger partial charge in [-0.2, -0.15) is 0 Å². The molecule has 1 aromatic rings. The van der Waals surface area contributed by atoms with E-state index in [0.29, 0.717) is 19.1 Å². The molecule has 4 nitrogen and oxygen atoms in total. The van der Waals surface area contributed by atoms with Crippen molar-refractivity contribution in [1.29, 1.82) is 0 Å². The minimum atomic E-state index is -0.280. The van der Waals surface area contributed by atoms with Crippen LogP contribution in [0.5, 0.6) is 0 Å². The van der Waals surface area contributed by atoms with Crippen LogP contribution in [-0.2, 0) is 11.3 Å². The molecule has 0 aliphatic heterocycles. The van der Waals surface area contributed by atoms with Crippen LogP contribution >= 0.6 is 15.9 Å². The average Bonchev–Trinajstić information content (AvgIpc) is 2.85. The number of halogens is 1. The summed E-state index contributed by atoms with van der Waals surface area (Å²) in [6.45, 7) is 0.965. The van der Waals surface area contributed by atoms with Crippen LogP contribution in [0.2, 0.25) is 0 Å². The van der Waals surface area contributed by atoms with Crippen molar-refractivity contribution in [2.75, 3.05) is 12.3 Å². The van der Waals surface area contributed by atoms with Gasteiger partial charge in [0.05, 0.1) is 6.54 Å². The summed E-state index contributed by atoms with van der Waals surface area (Å²) in [5.74, 6) is -0.280. The zero-order chi connectivity index (χ0) is 13.8. The Labute approximate surface area is 122 Å². The molecule has 0 saturated heterocycles. The first-order chi connectivity index (χ1) is 9.08. The Morgan fingerprint density at radius 2 is 2.05 bits per heavy atom. The second kappa shape index (κ2) is 6.39. The third-order valence-electron chi connectivity index (χ3n) is 3.72. The van der Waals surface area contributed by atoms with Gasteiger partial charge in [0.2, 0.25) is 5.91 Å². The minimum Gasteiger partial charge on any atom is -0.398 e. The van der Waals surface area contributed by atoms with Crippen LogP contribution in [0.25, 0.3) is 0 Å². The second-order valence-electron chi connectivity index (χ2n) is 5.12. The molecular formula is C14H20BrN3O. The summed E-state index contributed by atoms with van der Waals surface area (Å²) in [7, 11) is 0. The maximum absolute atomic E-state index is 11.3. The number of amides is 1. The van der Waals surface area contributed by atoms with Crippen molar-refractivity contribution < 1.29 is 4.79 Å². The average molecular weight is 326 g/mol. The summed E-state index contributed by atoms with van der Waals surface area (Å²) >= 11 is 3.53. The van der Waals surface area contributed by atoms with Gasteiger partial charge in [0.1, 0.15) is 0 Å². The monoisotopic (exact) mass is 325 g/mol. The molecule has 0 bridgehead atoms. The minimum absolute atomic E-state index is 0.280. The van der Waals surface area contributed by atoms with Gasteiger partial charge < -0.3 is 11.5 Å². The van der Waals surface area contributed by atoms with Crippen LogP contribution in [0.1, 0.15) is 31.2 Å². The summed E-state index contributed by atoms with van der Waals surface area (Å²) < 4.78 is 0.986. The normalized spacial score (nSPS) is 16.1. The first-order valence-electron chi connectivity index (χ1n) is 6.63. The highest BCUT2D eigenvalue weighted by atomic mass is 79.9. The lowest BCUT2D eigenvalue weighted by Crippen LogP contribution is -2.39. The lowest BCUT2D eigenvalue weighted by molar-refractivity contribution is -0.119. The Kier molecular flexibility index (Phi) is 4.82. The maximum atomic E-state index is 11.3. The molecule has 5 heteroatoms. The molecule has 2 rings (SSSR count). The zero-order valence-corrected chi connectivity index (χ0v) is 12.5. The first kappa shape index (κ1) is 14.3. The van der Waals surface area contributed by atoms with Gasteiger partial charge in [-0.1, -0.05) is 34.8 Å². The van der Waals surface area contributed by atoms with Crippen LogP contribution in [-0.4, -0.2) is 23.4 Å². The number of hydrogen-bond acceptors (Lipinski definition) is 3. The third-order valence-corrected chi connectivity index (χ3v) is 4.46. The number of nitrogens with two attached hydrogens (primary N) is 2. The molecule has 0 spiro atoms. The standard InChI is InChI=1S/C14H20BrN3O/c15-12-6-3-7-13(16)11(12)8-18(9-14(17)19)10-4-1-2-5-10/h3,6-7,10H,1-2,4-5,8-9,16H2,(H2,17,19). The largest absolute Gasteiger partial charge is 0.398 e. The van der Waals surface area contributed by atoms with Crippen LogP contribution in [0.4, 0.5) is 5.69 Å². The van der Waals surface area contributed by atoms with E-state index in [4.69, 9.17) is 11.5 Å². The number of hydrogen-bond donors (Lipinski definition) is 2. The highest BCUT2D eigenvalue weighted by Gasteiger charge is 2.24. The SMILES string of the molecule is NC(=O)CN(Cc1c(N)cccc1Br)C1CCCC1. The Morgan fingerprint density at radius 1 is 1.37 bits per heavy atom. The molecule has 0 aromatic heterocycles. The van der Waals surface area contributed by atoms with Gasteiger partial charge in [-0.15, -0.1) is 0 Å². The summed E-state index contributed by atoms with van der Waals surface area (Å²) in [6, 6.07) is 6.22. The van der Waals surface area contributed by atoms with Crippen molar-refractivity contribution in [2.45, 2.75) is 38.3 Å². The molecule has 0 unspecified atom stereocenters. The van der Waals surface area contributed by atoms with E-state index >= 15 is 0 Å². The number of nitrogens with zero attached hydrogens (tertiary/aromatic N) is 1. The van der Waals surface area contributed by atoms with E-state index in [1.54, 1.807) is 0 Å². The fourth-order valence-corrected chi connectivity index (χ4v) is 3.24. The van der Waals surface area contributed by atoms with Gasteiger partial charge in [-0.05, 0) is 25.0 Å². The van der Waals surface area contributed by atoms with Crippen molar-refractivity contribution in [3.05, 3.63) is 28.2 Å². The molecule has 1 saturated carbocycles. The van der Waals surface area contributed by atoms with Crippen molar-refractivity contribution in [2.24, 2.45) is 5.73 Å². The number of carbonyl (C=O) groups excluding carboxylic acids is 1. The molecule has 0 radical (unpaired) electrons. The van der Waals surface area contributed by atoms with Crippen LogP contribution < -0.4 is 11.5 Å². The number of carbonyl (C=O) groups is 1. The zero-order valence-electron chi connectivity index (χ0n) is 10.9. The smallest absolute Gasteiger partial charge is 0.231 e. The van der Waals surface area contributed by atoms with Gasteiger partial charge in [-0.25, -0.2) is 0 Å². The quantitative estimate of drug-likeness (QED) is 0.815. The van der Waals surface area contributed by atoms with Crippen molar-refractivity contribution in [3.63, 3.8) is 0 Å². The summed E-state index contributed by atoms with van der Waals surface area (Å²) in [4.78, 5) is 13.4. The lowest BCUT2D eigenvalue weighted by Gasteiger charge is -2.28. The van der Waals surface area contributed by atoms with Gasteiger partial charge >= 0.3 is 0 Å². The molecule has 1 aliphatic carbocycles. The fourth-order valence-electron chi connectivity index (χ4n) is 2.73. The number of anilines is 1. The molecule has 0 heterocycles. The van der Waals surface area contributed by atoms with Crippen molar-refractivity contribution in [3.8, 4) is 0 Å². The Bertz CT molecular complexity index is 438. The molecule has 19 heavy (non-hydrogen) atoms. The molecule has 1 aromatic carbocycles. The third kappa shape index (κ3) is 3.70. The Balaban J connectivity index is 2.17. The predicted molar refractivity (Wildman–Crippen MR) is 80.4 cm³/mol. The van der Waals surface area contributed by atoms with E-state index in [2.05, 4.69) is 20.8 Å². The maximum Gasteiger partial charge on any atom is 0.231 e. The molecule has 1 amide bonds. The number of benzene rings is 1. The van der Waals surface area contributed by atoms with E-state index in [1.165, 1.54) is 12.8 Å². The molecule has 1 fully saturated rings. The molecule has 4 N–H and O–H groups in total. The van der Waals surface area contributed by atoms with E-state index in [1.807, 2.05) is 18.2 Å². The van der Waals surface area contributed by atoms with Crippen LogP contribution in [0.3, 0.4) is 0 Å². The molecule has 0 atom stereocenters. The molecular weight excluding hydrogens is 306 g/mol. The van der Waals surface area contributed by atoms with E-state index in [9.17, 15) is 4.79 Å². The van der Waals surface area contributed by atoms with E-state index < -0.39 is 0 Å². The summed E-state index contributed by atoms with van der Waals surface area (Å²) in [5.41, 5.74) is 13.2. The topological polar surface area (TPSA) is 72.4 Å². The van der Waals surface area contributed by atoms with Gasteiger partial charge in [0, 0.05) is 28.3 Å². The van der Waals surface area contributed by atoms with Gasteiger partial charge in [0.15, 0.2) is 0 Å². The van der Waals surface area contributed by atoms with E-state index in [-0.39, 0.29) is 5.91 Å². The van der Waals surface area contributed by atoms with Crippen molar-refractivity contribution in [1.82, 2.24) is 4.90 Å². The van der Waals surface area contributed by atoms with Crippen LogP contribution in [0.15, 0.2) is 22.7 Å². The number of nitrogen functional groups attached to an aromatic ring is 1. The number of rotatable bonds is 5. The molecule has 1 aliphatic rings. The van der Waals surface area contributed by atoms with Crippen LogP contribution in [0, 0.1) is 0 Å². The van der Waals surface area contributed by atoms with Gasteiger partial charge in [-0.3, -0.25) is 9.69 Å².